The van der Waals surface area contributed by atoms with Crippen LogP contribution in [0.1, 0.15) is 46.5 Å². The highest BCUT2D eigenvalue weighted by atomic mass is 16.6. The minimum Gasteiger partial charge on any atom is -0.459 e. The first-order valence-electron chi connectivity index (χ1n) is 7.86. The van der Waals surface area contributed by atoms with E-state index in [1.807, 2.05) is 20.8 Å². The lowest BCUT2D eigenvalue weighted by Gasteiger charge is -2.36. The molecule has 21 heavy (non-hydrogen) atoms. The molecule has 0 amide bonds. The number of ether oxygens (including phenoxy) is 2. The molecule has 2 aliphatic heterocycles. The standard InChI is InChI=1S/C16H25NO4/c1-14(2)15(3)7-8-16(14,21-12(15)18)13(19)20-11-5-9-17(4)10-6-11/h11H,5-10H2,1-4H3/t15-,16?/m0/s1. The van der Waals surface area contributed by atoms with Crippen molar-refractivity contribution in [3.63, 3.8) is 0 Å². The lowest BCUT2D eigenvalue weighted by atomic mass is 9.66. The molecule has 0 aromatic rings. The number of hydrogen-bond donors (Lipinski definition) is 0. The monoisotopic (exact) mass is 295 g/mol. The van der Waals surface area contributed by atoms with Crippen molar-refractivity contribution in [2.45, 2.75) is 58.2 Å². The molecule has 1 unspecified atom stereocenters. The van der Waals surface area contributed by atoms with Gasteiger partial charge in [0.05, 0.1) is 5.41 Å². The van der Waals surface area contributed by atoms with Crippen LogP contribution in [-0.2, 0) is 19.1 Å². The second-order valence-corrected chi connectivity index (χ2v) is 7.58. The molecule has 0 aromatic heterocycles. The summed E-state index contributed by atoms with van der Waals surface area (Å²) < 4.78 is 11.3. The van der Waals surface area contributed by atoms with E-state index in [2.05, 4.69) is 11.9 Å². The van der Waals surface area contributed by atoms with Gasteiger partial charge in [-0.1, -0.05) is 13.8 Å². The molecule has 0 radical (unpaired) electrons. The maximum Gasteiger partial charge on any atom is 0.351 e. The molecule has 3 fully saturated rings. The van der Waals surface area contributed by atoms with Crippen molar-refractivity contribution >= 4 is 11.9 Å². The van der Waals surface area contributed by atoms with Crippen molar-refractivity contribution in [2.75, 3.05) is 20.1 Å². The summed E-state index contributed by atoms with van der Waals surface area (Å²) in [5, 5.41) is 0. The Kier molecular flexibility index (Phi) is 3.14. The lowest BCUT2D eigenvalue weighted by molar-refractivity contribution is -0.188. The van der Waals surface area contributed by atoms with E-state index in [4.69, 9.17) is 9.47 Å². The zero-order valence-corrected chi connectivity index (χ0v) is 13.4. The fraction of sp³-hybridized carbons (Fsp3) is 0.875. The lowest BCUT2D eigenvalue weighted by Crippen LogP contribution is -2.50. The normalized spacial score (nSPS) is 39.3. The van der Waals surface area contributed by atoms with Crippen LogP contribution >= 0.6 is 0 Å². The third kappa shape index (κ3) is 1.79. The summed E-state index contributed by atoms with van der Waals surface area (Å²) in [5.74, 6) is -0.587. The smallest absolute Gasteiger partial charge is 0.351 e. The topological polar surface area (TPSA) is 55.8 Å². The van der Waals surface area contributed by atoms with Gasteiger partial charge in [0.25, 0.3) is 0 Å². The van der Waals surface area contributed by atoms with Gasteiger partial charge in [-0.25, -0.2) is 4.79 Å². The van der Waals surface area contributed by atoms with Gasteiger partial charge >= 0.3 is 11.9 Å². The summed E-state index contributed by atoms with van der Waals surface area (Å²) in [7, 11) is 2.07. The van der Waals surface area contributed by atoms with Crippen molar-refractivity contribution in [2.24, 2.45) is 10.8 Å². The first-order valence-corrected chi connectivity index (χ1v) is 7.86. The SMILES string of the molecule is CN1CCC(OC(=O)C23CC[C@@](C)(C(=O)O2)C3(C)C)CC1. The van der Waals surface area contributed by atoms with Crippen molar-refractivity contribution in [3.05, 3.63) is 0 Å². The number of carbonyl (C=O) groups is 2. The van der Waals surface area contributed by atoms with E-state index in [-0.39, 0.29) is 18.0 Å². The minimum atomic E-state index is -1.08. The van der Waals surface area contributed by atoms with Gasteiger partial charge in [0.2, 0.25) is 5.60 Å². The highest BCUT2D eigenvalue weighted by molar-refractivity contribution is 5.93. The molecule has 2 heterocycles. The second-order valence-electron chi connectivity index (χ2n) is 7.58. The molecule has 0 spiro atoms. The predicted molar refractivity (Wildman–Crippen MR) is 76.6 cm³/mol. The summed E-state index contributed by atoms with van der Waals surface area (Å²) in [6, 6.07) is 0. The first kappa shape index (κ1) is 14.8. The number of rotatable bonds is 2. The Balaban J connectivity index is 1.77. The van der Waals surface area contributed by atoms with Crippen LogP contribution in [0.3, 0.4) is 0 Å². The predicted octanol–water partition coefficient (Wildman–Crippen LogP) is 1.75. The molecule has 1 saturated carbocycles. The largest absolute Gasteiger partial charge is 0.459 e. The Morgan fingerprint density at radius 2 is 1.86 bits per heavy atom. The van der Waals surface area contributed by atoms with Crippen LogP contribution in [-0.4, -0.2) is 48.7 Å². The van der Waals surface area contributed by atoms with Crippen LogP contribution < -0.4 is 0 Å². The number of esters is 2. The molecule has 2 atom stereocenters. The number of likely N-dealkylation sites (tertiary alicyclic amines) is 1. The average molecular weight is 295 g/mol. The van der Waals surface area contributed by atoms with Crippen LogP contribution in [0.25, 0.3) is 0 Å². The maximum absolute atomic E-state index is 12.8. The van der Waals surface area contributed by atoms with Gasteiger partial charge in [0.15, 0.2) is 0 Å². The molecule has 118 valence electrons. The molecular weight excluding hydrogens is 270 g/mol. The molecule has 5 nitrogen and oxygen atoms in total. The fourth-order valence-corrected chi connectivity index (χ4v) is 4.05. The zero-order valence-electron chi connectivity index (χ0n) is 13.4. The van der Waals surface area contributed by atoms with Gasteiger partial charge in [-0.2, -0.15) is 0 Å². The highest BCUT2D eigenvalue weighted by Gasteiger charge is 2.76. The second kappa shape index (κ2) is 4.45. The average Bonchev–Trinajstić information content (AvgIpc) is 2.72. The molecule has 0 aromatic carbocycles. The minimum absolute atomic E-state index is 0.0509. The van der Waals surface area contributed by atoms with E-state index < -0.39 is 16.4 Å². The molecule has 5 heteroatoms. The maximum atomic E-state index is 12.8. The van der Waals surface area contributed by atoms with Crippen molar-refractivity contribution in [3.8, 4) is 0 Å². The molecule has 3 aliphatic rings. The Bertz CT molecular complexity index is 481. The number of piperidine rings is 1. The summed E-state index contributed by atoms with van der Waals surface area (Å²) in [6.07, 6.45) is 2.92. The number of nitrogens with zero attached hydrogens (tertiary/aromatic N) is 1. The van der Waals surface area contributed by atoms with Crippen LogP contribution in [0.2, 0.25) is 0 Å². The van der Waals surface area contributed by atoms with Crippen molar-refractivity contribution in [1.29, 1.82) is 0 Å². The Labute approximate surface area is 126 Å². The highest BCUT2D eigenvalue weighted by Crippen LogP contribution is 2.65. The van der Waals surface area contributed by atoms with E-state index in [1.165, 1.54) is 0 Å². The zero-order chi connectivity index (χ0) is 15.5. The van der Waals surface area contributed by atoms with Crippen LogP contribution in [0.15, 0.2) is 0 Å². The molecule has 0 N–H and O–H groups in total. The van der Waals surface area contributed by atoms with E-state index in [1.54, 1.807) is 0 Å². The molecular formula is C16H25NO4. The summed E-state index contributed by atoms with van der Waals surface area (Å²) in [5.41, 5.74) is -2.17. The summed E-state index contributed by atoms with van der Waals surface area (Å²) in [4.78, 5) is 27.2. The van der Waals surface area contributed by atoms with Crippen molar-refractivity contribution < 1.29 is 19.1 Å². The molecule has 2 bridgehead atoms. The molecule has 2 saturated heterocycles. The van der Waals surface area contributed by atoms with Gasteiger partial charge in [0, 0.05) is 18.5 Å². The van der Waals surface area contributed by atoms with Gasteiger partial charge in [-0.15, -0.1) is 0 Å². The summed E-state index contributed by atoms with van der Waals surface area (Å²) in [6.45, 7) is 7.70. The number of fused-ring (bicyclic) bond motifs is 2. The van der Waals surface area contributed by atoms with E-state index >= 15 is 0 Å². The summed E-state index contributed by atoms with van der Waals surface area (Å²) >= 11 is 0. The number of carbonyl (C=O) groups excluding carboxylic acids is 2. The number of hydrogen-bond acceptors (Lipinski definition) is 5. The molecule has 1 aliphatic carbocycles. The van der Waals surface area contributed by atoms with Crippen molar-refractivity contribution in [1.82, 2.24) is 4.90 Å². The first-order chi connectivity index (χ1) is 9.73. The third-order valence-corrected chi connectivity index (χ3v) is 6.35. The van der Waals surface area contributed by atoms with E-state index in [0.717, 1.165) is 25.9 Å². The van der Waals surface area contributed by atoms with Crippen LogP contribution in [0.5, 0.6) is 0 Å². The van der Waals surface area contributed by atoms with Crippen LogP contribution in [0, 0.1) is 10.8 Å². The van der Waals surface area contributed by atoms with Gasteiger partial charge in [0.1, 0.15) is 6.10 Å². The van der Waals surface area contributed by atoms with E-state index in [9.17, 15) is 9.59 Å². The quantitative estimate of drug-likeness (QED) is 0.726. The van der Waals surface area contributed by atoms with Gasteiger partial charge in [-0.05, 0) is 39.7 Å². The Hall–Kier alpha value is -1.10. The Morgan fingerprint density at radius 3 is 2.33 bits per heavy atom. The third-order valence-electron chi connectivity index (χ3n) is 6.35. The van der Waals surface area contributed by atoms with Gasteiger partial charge in [-0.3, -0.25) is 4.79 Å². The van der Waals surface area contributed by atoms with Crippen LogP contribution in [0.4, 0.5) is 0 Å². The molecule has 3 rings (SSSR count). The van der Waals surface area contributed by atoms with Gasteiger partial charge < -0.3 is 14.4 Å². The Morgan fingerprint density at radius 1 is 1.24 bits per heavy atom. The fourth-order valence-electron chi connectivity index (χ4n) is 4.05. The van der Waals surface area contributed by atoms with E-state index in [0.29, 0.717) is 12.8 Å².